The van der Waals surface area contributed by atoms with Crippen LogP contribution < -0.4 is 29.6 Å². The van der Waals surface area contributed by atoms with Crippen molar-refractivity contribution in [1.29, 1.82) is 0 Å². The fraction of sp³-hybridized carbons (Fsp3) is 0.300. The van der Waals surface area contributed by atoms with E-state index >= 15 is 0 Å². The summed E-state index contributed by atoms with van der Waals surface area (Å²) in [6.07, 6.45) is 6.88. The molecule has 1 fully saturated rings. The molecule has 134 valence electrons. The smallest absolute Gasteiger partial charge is 0.748 e. The van der Waals surface area contributed by atoms with Crippen molar-refractivity contribution in [1.82, 2.24) is 4.98 Å². The van der Waals surface area contributed by atoms with E-state index in [4.69, 9.17) is 0 Å². The van der Waals surface area contributed by atoms with Crippen molar-refractivity contribution in [2.45, 2.75) is 18.1 Å². The summed E-state index contributed by atoms with van der Waals surface area (Å²) in [5, 5.41) is 0. The Kier molecular flexibility index (Phi) is 6.03. The van der Waals surface area contributed by atoms with Crippen molar-refractivity contribution in [2.75, 3.05) is 0 Å². The Balaban J connectivity index is 0.00000210. The quantitative estimate of drug-likeness (QED) is 0.308. The van der Waals surface area contributed by atoms with Crippen LogP contribution in [0.5, 0.6) is 0 Å². The molecule has 0 N–H and O–H groups in total. The van der Waals surface area contributed by atoms with E-state index in [0.29, 0.717) is 17.2 Å². The maximum absolute atomic E-state index is 13.1. The number of rotatable bonds is 5. The zero-order chi connectivity index (χ0) is 18.3. The normalized spacial score (nSPS) is 26.0. The number of carbonyl (C=O) groups excluding carboxylic acids is 1. The molecule has 27 heavy (non-hydrogen) atoms. The molecule has 1 aromatic carbocycles. The van der Waals surface area contributed by atoms with Crippen LogP contribution in [-0.2, 0) is 15.9 Å². The molecule has 0 spiro atoms. The van der Waals surface area contributed by atoms with Crippen LogP contribution in [-0.4, -0.2) is 23.7 Å². The number of carbonyl (C=O) groups is 1. The first-order valence-electron chi connectivity index (χ1n) is 8.58. The predicted octanol–water partition coefficient (Wildman–Crippen LogP) is -0.0806. The van der Waals surface area contributed by atoms with Gasteiger partial charge in [0.05, 0.1) is 15.9 Å². The molecule has 1 aromatic heterocycles. The van der Waals surface area contributed by atoms with Crippen LogP contribution in [0.1, 0.15) is 34.0 Å². The van der Waals surface area contributed by atoms with Crippen molar-refractivity contribution < 1.29 is 47.3 Å². The van der Waals surface area contributed by atoms with Crippen LogP contribution in [0.15, 0.2) is 60.8 Å². The van der Waals surface area contributed by atoms with Gasteiger partial charge in [-0.15, -0.1) is 0 Å². The maximum Gasteiger partial charge on any atom is 1.00 e. The Morgan fingerprint density at radius 3 is 2.41 bits per heavy atom. The number of allylic oxidation sites excluding steroid dienone is 2. The molecule has 0 radical (unpaired) electrons. The third-order valence-electron chi connectivity index (χ3n) is 5.39. The van der Waals surface area contributed by atoms with E-state index < -0.39 is 15.9 Å². The van der Waals surface area contributed by atoms with Crippen molar-refractivity contribution in [3.63, 3.8) is 0 Å². The van der Waals surface area contributed by atoms with Gasteiger partial charge in [-0.25, -0.2) is 8.42 Å². The first-order valence-corrected chi connectivity index (χ1v) is 10.2. The van der Waals surface area contributed by atoms with Gasteiger partial charge in [0.15, 0.2) is 5.78 Å². The molecule has 2 aromatic rings. The molecule has 2 aliphatic carbocycles. The second kappa shape index (κ2) is 7.97. The van der Waals surface area contributed by atoms with Crippen molar-refractivity contribution in [3.8, 4) is 0 Å². The van der Waals surface area contributed by atoms with E-state index in [1.165, 1.54) is 0 Å². The number of nitrogens with zero attached hydrogens (tertiary/aromatic N) is 1. The van der Waals surface area contributed by atoms with Gasteiger partial charge in [-0.3, -0.25) is 9.78 Å². The Bertz CT molecular complexity index is 957. The molecule has 0 saturated heterocycles. The molecule has 2 bridgehead atoms. The van der Waals surface area contributed by atoms with Crippen LogP contribution in [0.25, 0.3) is 0 Å². The van der Waals surface area contributed by atoms with E-state index in [-0.39, 0.29) is 53.1 Å². The Hall–Kier alpha value is -1.31. The molecular weight excluding hydrogens is 373 g/mol. The van der Waals surface area contributed by atoms with Crippen molar-refractivity contribution >= 4 is 15.9 Å². The first kappa shape index (κ1) is 20.4. The molecule has 0 unspecified atom stereocenters. The van der Waals surface area contributed by atoms with E-state index in [9.17, 15) is 17.8 Å². The number of pyridine rings is 1. The SMILES string of the molecule is O=C(c1ccccn1)[C@@H]1[C@@H](c2ccc(CS(=O)(=O)[O-])cc2)[C@H]2C=C[C@@H]1C2.[Na+]. The maximum atomic E-state index is 13.1. The zero-order valence-corrected chi connectivity index (χ0v) is 17.8. The largest absolute Gasteiger partial charge is 1.00 e. The fourth-order valence-electron chi connectivity index (χ4n) is 4.35. The molecular formula is C20H18NNaO4S. The minimum atomic E-state index is -4.30. The summed E-state index contributed by atoms with van der Waals surface area (Å²) in [6.45, 7) is 0. The third kappa shape index (κ3) is 4.25. The van der Waals surface area contributed by atoms with E-state index in [1.54, 1.807) is 30.5 Å². The number of aromatic nitrogens is 1. The summed E-state index contributed by atoms with van der Waals surface area (Å²) in [6, 6.07) is 12.4. The Morgan fingerprint density at radius 2 is 1.78 bits per heavy atom. The standard InChI is InChI=1S/C20H19NO4S.Na/c22-20(17-3-1-2-10-21-17)19-16-9-8-15(11-16)18(19)14-6-4-13(5-7-14)12-26(23,24)25;/h1-10,15-16,18-19H,11-12H2,(H,23,24,25);/q;+1/p-1/t15-,16+,18-,19-;/m0./s1. The van der Waals surface area contributed by atoms with Gasteiger partial charge >= 0.3 is 29.6 Å². The van der Waals surface area contributed by atoms with Crippen LogP contribution in [0.3, 0.4) is 0 Å². The molecule has 5 nitrogen and oxygen atoms in total. The van der Waals surface area contributed by atoms with Gasteiger partial charge in [-0.1, -0.05) is 42.5 Å². The average Bonchev–Trinajstić information content (AvgIpc) is 3.22. The van der Waals surface area contributed by atoms with Gasteiger partial charge in [0.25, 0.3) is 0 Å². The van der Waals surface area contributed by atoms with E-state index in [2.05, 4.69) is 17.1 Å². The fourth-order valence-corrected chi connectivity index (χ4v) is 4.95. The van der Waals surface area contributed by atoms with Gasteiger partial charge in [0.1, 0.15) is 5.69 Å². The van der Waals surface area contributed by atoms with Gasteiger partial charge in [-0.05, 0) is 41.5 Å². The van der Waals surface area contributed by atoms with Crippen molar-refractivity contribution in [2.24, 2.45) is 17.8 Å². The van der Waals surface area contributed by atoms with Crippen LogP contribution in [0, 0.1) is 17.8 Å². The van der Waals surface area contributed by atoms with Gasteiger partial charge < -0.3 is 4.55 Å². The monoisotopic (exact) mass is 391 g/mol. The van der Waals surface area contributed by atoms with Crippen LogP contribution in [0.2, 0.25) is 0 Å². The molecule has 4 rings (SSSR count). The van der Waals surface area contributed by atoms with Gasteiger partial charge in [0, 0.05) is 18.0 Å². The number of hydrogen-bond acceptors (Lipinski definition) is 5. The molecule has 1 saturated carbocycles. The van der Waals surface area contributed by atoms with Crippen molar-refractivity contribution in [3.05, 3.63) is 77.6 Å². The first-order chi connectivity index (χ1) is 12.4. The number of fused-ring (bicyclic) bond motifs is 2. The van der Waals surface area contributed by atoms with Crippen LogP contribution >= 0.6 is 0 Å². The molecule has 4 atom stereocenters. The second-order valence-electron chi connectivity index (χ2n) is 7.02. The summed E-state index contributed by atoms with van der Waals surface area (Å²) in [4.78, 5) is 17.3. The Morgan fingerprint density at radius 1 is 1.07 bits per heavy atom. The minimum Gasteiger partial charge on any atom is -0.748 e. The summed E-state index contributed by atoms with van der Waals surface area (Å²) in [5.41, 5.74) is 1.95. The minimum absolute atomic E-state index is 0. The van der Waals surface area contributed by atoms with E-state index in [1.807, 2.05) is 18.2 Å². The molecule has 7 heteroatoms. The second-order valence-corrected chi connectivity index (χ2v) is 8.43. The predicted molar refractivity (Wildman–Crippen MR) is 95.4 cm³/mol. The summed E-state index contributed by atoms with van der Waals surface area (Å²) < 4.78 is 32.8. The number of benzene rings is 1. The van der Waals surface area contributed by atoms with Gasteiger partial charge in [-0.2, -0.15) is 0 Å². The summed E-state index contributed by atoms with van der Waals surface area (Å²) in [7, 11) is -4.30. The topological polar surface area (TPSA) is 87.2 Å². The number of ketones is 1. The third-order valence-corrected chi connectivity index (χ3v) is 6.07. The summed E-state index contributed by atoms with van der Waals surface area (Å²) >= 11 is 0. The molecule has 0 aliphatic heterocycles. The molecule has 0 amide bonds. The Labute approximate surface area is 180 Å². The zero-order valence-electron chi connectivity index (χ0n) is 15.0. The van der Waals surface area contributed by atoms with E-state index in [0.717, 1.165) is 12.0 Å². The molecule has 1 heterocycles. The molecule has 2 aliphatic rings. The average molecular weight is 391 g/mol. The number of Topliss-reactive ketones (excluding diaryl/α,β-unsaturated/α-hetero) is 1. The van der Waals surface area contributed by atoms with Gasteiger partial charge in [0.2, 0.25) is 0 Å². The number of hydrogen-bond donors (Lipinski definition) is 0. The summed E-state index contributed by atoms with van der Waals surface area (Å²) in [5.74, 6) is -0.0572. The van der Waals surface area contributed by atoms with Crippen LogP contribution in [0.4, 0.5) is 0 Å².